The molecule has 0 atom stereocenters. The highest BCUT2D eigenvalue weighted by molar-refractivity contribution is 6.30. The van der Waals surface area contributed by atoms with E-state index in [2.05, 4.69) is 25.6 Å². The predicted octanol–water partition coefficient (Wildman–Crippen LogP) is 2.96. The normalized spacial score (nSPS) is 10.1. The minimum absolute atomic E-state index is 0.126. The van der Waals surface area contributed by atoms with Crippen molar-refractivity contribution in [1.82, 2.24) is 15.0 Å². The van der Waals surface area contributed by atoms with E-state index in [0.29, 0.717) is 16.9 Å². The molecule has 5 nitrogen and oxygen atoms in total. The molecule has 0 aliphatic carbocycles. The van der Waals surface area contributed by atoms with Crippen LogP contribution in [0.25, 0.3) is 0 Å². The van der Waals surface area contributed by atoms with E-state index in [1.54, 1.807) is 19.2 Å². The largest absolute Gasteiger partial charge is 0.357 e. The Morgan fingerprint density at radius 2 is 1.59 bits per heavy atom. The second-order valence-electron chi connectivity index (χ2n) is 3.13. The highest BCUT2D eigenvalue weighted by Gasteiger charge is 2.03. The van der Waals surface area contributed by atoms with E-state index in [1.165, 1.54) is 0 Å². The zero-order valence-electron chi connectivity index (χ0n) is 8.91. The van der Waals surface area contributed by atoms with E-state index >= 15 is 0 Å². The first-order valence-electron chi connectivity index (χ1n) is 4.79. The summed E-state index contributed by atoms with van der Waals surface area (Å²) in [6, 6.07) is 7.18. The number of rotatable bonds is 3. The fourth-order valence-corrected chi connectivity index (χ4v) is 1.47. The second kappa shape index (κ2) is 5.16. The van der Waals surface area contributed by atoms with Crippen molar-refractivity contribution in [2.75, 3.05) is 17.7 Å². The highest BCUT2D eigenvalue weighted by atomic mass is 35.5. The highest BCUT2D eigenvalue weighted by Crippen LogP contribution is 2.18. The molecule has 1 heterocycles. The number of anilines is 3. The summed E-state index contributed by atoms with van der Waals surface area (Å²) < 4.78 is 0. The van der Waals surface area contributed by atoms with Crippen LogP contribution in [0.15, 0.2) is 24.3 Å². The van der Waals surface area contributed by atoms with Gasteiger partial charge in [-0.15, -0.1) is 0 Å². The SMILES string of the molecule is CNc1nc(Cl)nc(Nc2ccc(Cl)cc2)n1. The minimum atomic E-state index is 0.126. The van der Waals surface area contributed by atoms with Crippen molar-refractivity contribution in [2.45, 2.75) is 0 Å². The molecule has 2 aromatic rings. The zero-order chi connectivity index (χ0) is 12.3. The van der Waals surface area contributed by atoms with Crippen molar-refractivity contribution >= 4 is 40.8 Å². The van der Waals surface area contributed by atoms with Crippen LogP contribution >= 0.6 is 23.2 Å². The van der Waals surface area contributed by atoms with E-state index in [1.807, 2.05) is 12.1 Å². The monoisotopic (exact) mass is 269 g/mol. The molecule has 2 N–H and O–H groups in total. The van der Waals surface area contributed by atoms with Crippen LogP contribution in [0.1, 0.15) is 0 Å². The lowest BCUT2D eigenvalue weighted by Crippen LogP contribution is -2.03. The summed E-state index contributed by atoms with van der Waals surface area (Å²) in [7, 11) is 1.71. The molecule has 0 saturated carbocycles. The number of hydrogen-bond donors (Lipinski definition) is 2. The lowest BCUT2D eigenvalue weighted by molar-refractivity contribution is 1.05. The molecule has 0 spiro atoms. The van der Waals surface area contributed by atoms with E-state index in [4.69, 9.17) is 23.2 Å². The summed E-state index contributed by atoms with van der Waals surface area (Å²) >= 11 is 11.5. The Balaban J connectivity index is 2.23. The Morgan fingerprint density at radius 1 is 0.941 bits per heavy atom. The molecule has 0 bridgehead atoms. The average Bonchev–Trinajstić information content (AvgIpc) is 2.31. The van der Waals surface area contributed by atoms with Crippen LogP contribution in [-0.4, -0.2) is 22.0 Å². The van der Waals surface area contributed by atoms with Gasteiger partial charge in [0.2, 0.25) is 17.2 Å². The maximum absolute atomic E-state index is 5.79. The molecule has 0 aliphatic rings. The molecule has 0 saturated heterocycles. The molecule has 0 aliphatic heterocycles. The van der Waals surface area contributed by atoms with Crippen molar-refractivity contribution in [3.63, 3.8) is 0 Å². The molecule has 1 aromatic carbocycles. The fraction of sp³-hybridized carbons (Fsp3) is 0.100. The smallest absolute Gasteiger partial charge is 0.233 e. The fourth-order valence-electron chi connectivity index (χ4n) is 1.18. The molecule has 0 fully saturated rings. The van der Waals surface area contributed by atoms with Gasteiger partial charge in [0.05, 0.1) is 0 Å². The van der Waals surface area contributed by atoms with E-state index in [-0.39, 0.29) is 5.28 Å². The lowest BCUT2D eigenvalue weighted by Gasteiger charge is -2.06. The summed E-state index contributed by atoms with van der Waals surface area (Å²) in [4.78, 5) is 11.9. The Labute approximate surface area is 108 Å². The molecular formula is C10H9Cl2N5. The van der Waals surface area contributed by atoms with Gasteiger partial charge in [0.1, 0.15) is 0 Å². The lowest BCUT2D eigenvalue weighted by atomic mass is 10.3. The van der Waals surface area contributed by atoms with Crippen LogP contribution in [0.3, 0.4) is 0 Å². The molecule has 0 amide bonds. The van der Waals surface area contributed by atoms with Gasteiger partial charge in [-0.1, -0.05) is 11.6 Å². The van der Waals surface area contributed by atoms with Crippen LogP contribution in [-0.2, 0) is 0 Å². The first-order chi connectivity index (χ1) is 8.17. The van der Waals surface area contributed by atoms with Gasteiger partial charge in [0, 0.05) is 17.8 Å². The number of benzene rings is 1. The third-order valence-corrected chi connectivity index (χ3v) is 2.35. The first-order valence-corrected chi connectivity index (χ1v) is 5.55. The van der Waals surface area contributed by atoms with Gasteiger partial charge in [0.25, 0.3) is 0 Å². The molecule has 0 radical (unpaired) electrons. The van der Waals surface area contributed by atoms with E-state index in [9.17, 15) is 0 Å². The Bertz CT molecular complexity index is 515. The average molecular weight is 270 g/mol. The molecule has 88 valence electrons. The van der Waals surface area contributed by atoms with Crippen molar-refractivity contribution in [3.8, 4) is 0 Å². The number of nitrogens with zero attached hydrogens (tertiary/aromatic N) is 3. The number of nitrogens with one attached hydrogen (secondary N) is 2. The summed E-state index contributed by atoms with van der Waals surface area (Å²) in [6.07, 6.45) is 0. The second-order valence-corrected chi connectivity index (χ2v) is 3.91. The number of hydrogen-bond acceptors (Lipinski definition) is 5. The Hall–Kier alpha value is -1.59. The van der Waals surface area contributed by atoms with Gasteiger partial charge in [-0.2, -0.15) is 15.0 Å². The maximum Gasteiger partial charge on any atom is 0.233 e. The van der Waals surface area contributed by atoms with E-state index < -0.39 is 0 Å². The van der Waals surface area contributed by atoms with Crippen LogP contribution in [0.5, 0.6) is 0 Å². The van der Waals surface area contributed by atoms with Gasteiger partial charge in [-0.05, 0) is 35.9 Å². The molecule has 17 heavy (non-hydrogen) atoms. The first kappa shape index (κ1) is 11.9. The van der Waals surface area contributed by atoms with Crippen LogP contribution in [0.2, 0.25) is 10.3 Å². The van der Waals surface area contributed by atoms with Crippen LogP contribution in [0.4, 0.5) is 17.6 Å². The maximum atomic E-state index is 5.79. The quantitative estimate of drug-likeness (QED) is 0.897. The minimum Gasteiger partial charge on any atom is -0.357 e. The molecule has 1 aromatic heterocycles. The van der Waals surface area contributed by atoms with E-state index in [0.717, 1.165) is 5.69 Å². The number of halogens is 2. The topological polar surface area (TPSA) is 62.7 Å². The van der Waals surface area contributed by atoms with Gasteiger partial charge in [0.15, 0.2) is 0 Å². The third-order valence-electron chi connectivity index (χ3n) is 1.93. The number of aromatic nitrogens is 3. The standard InChI is InChI=1S/C10H9Cl2N5/c1-13-9-15-8(12)16-10(17-9)14-7-4-2-6(11)3-5-7/h2-5H,1H3,(H2,13,14,15,16,17). The Kier molecular flexibility index (Phi) is 3.61. The van der Waals surface area contributed by atoms with Gasteiger partial charge < -0.3 is 10.6 Å². The van der Waals surface area contributed by atoms with Gasteiger partial charge in [-0.25, -0.2) is 0 Å². The van der Waals surface area contributed by atoms with Crippen molar-refractivity contribution in [3.05, 3.63) is 34.6 Å². The predicted molar refractivity (Wildman–Crippen MR) is 69.1 cm³/mol. The molecule has 2 rings (SSSR count). The molecule has 0 unspecified atom stereocenters. The third kappa shape index (κ3) is 3.18. The van der Waals surface area contributed by atoms with Crippen molar-refractivity contribution < 1.29 is 0 Å². The summed E-state index contributed by atoms with van der Waals surface area (Å²) in [5, 5.41) is 6.59. The zero-order valence-corrected chi connectivity index (χ0v) is 10.4. The Morgan fingerprint density at radius 3 is 2.24 bits per heavy atom. The van der Waals surface area contributed by atoms with Crippen molar-refractivity contribution in [2.24, 2.45) is 0 Å². The molecule has 7 heteroatoms. The summed E-state index contributed by atoms with van der Waals surface area (Å²) in [5.41, 5.74) is 0.818. The van der Waals surface area contributed by atoms with Crippen LogP contribution < -0.4 is 10.6 Å². The summed E-state index contributed by atoms with van der Waals surface area (Å²) in [6.45, 7) is 0. The molecular weight excluding hydrogens is 261 g/mol. The van der Waals surface area contributed by atoms with Gasteiger partial charge >= 0.3 is 0 Å². The summed E-state index contributed by atoms with van der Waals surface area (Å²) in [5.74, 6) is 0.776. The van der Waals surface area contributed by atoms with Gasteiger partial charge in [-0.3, -0.25) is 0 Å². The van der Waals surface area contributed by atoms with Crippen LogP contribution in [0, 0.1) is 0 Å². The van der Waals surface area contributed by atoms with Crippen molar-refractivity contribution in [1.29, 1.82) is 0 Å².